The third-order valence-corrected chi connectivity index (χ3v) is 4.94. The molecule has 1 aliphatic heterocycles. The zero-order valence-corrected chi connectivity index (χ0v) is 15.6. The molecule has 27 heavy (non-hydrogen) atoms. The molecule has 0 bridgehead atoms. The fourth-order valence-electron chi connectivity index (χ4n) is 3.64. The van der Waals surface area contributed by atoms with Crippen molar-refractivity contribution in [1.29, 1.82) is 0 Å². The SMILES string of the molecule is C=C(C)c1c(N2CCCC2)nc(-c2ccccc2)n(-c2ccccc2)c1=O. The highest BCUT2D eigenvalue weighted by Crippen LogP contribution is 2.29. The van der Waals surface area contributed by atoms with Crippen molar-refractivity contribution in [2.45, 2.75) is 19.8 Å². The molecule has 3 aromatic rings. The van der Waals surface area contributed by atoms with Gasteiger partial charge in [0.25, 0.3) is 5.56 Å². The van der Waals surface area contributed by atoms with Crippen LogP contribution in [0.4, 0.5) is 5.82 Å². The summed E-state index contributed by atoms with van der Waals surface area (Å²) in [5.41, 5.74) is 3.03. The van der Waals surface area contributed by atoms with Crippen LogP contribution in [0.15, 0.2) is 72.0 Å². The molecule has 4 heteroatoms. The molecular weight excluding hydrogens is 334 g/mol. The number of benzene rings is 2. The molecule has 1 aromatic heterocycles. The van der Waals surface area contributed by atoms with E-state index in [1.165, 1.54) is 0 Å². The molecule has 0 amide bonds. The van der Waals surface area contributed by atoms with E-state index in [9.17, 15) is 4.79 Å². The molecule has 2 aromatic carbocycles. The lowest BCUT2D eigenvalue weighted by Gasteiger charge is -2.23. The summed E-state index contributed by atoms with van der Waals surface area (Å²) in [7, 11) is 0. The Balaban J connectivity index is 2.06. The first-order valence-electron chi connectivity index (χ1n) is 9.35. The van der Waals surface area contributed by atoms with Gasteiger partial charge in [-0.1, -0.05) is 55.1 Å². The molecule has 136 valence electrons. The Morgan fingerprint density at radius 1 is 0.963 bits per heavy atom. The minimum absolute atomic E-state index is 0.0653. The lowest BCUT2D eigenvalue weighted by Crippen LogP contribution is -2.30. The van der Waals surface area contributed by atoms with E-state index in [1.54, 1.807) is 4.57 Å². The molecule has 1 aliphatic rings. The summed E-state index contributed by atoms with van der Waals surface area (Å²) in [4.78, 5) is 20.8. The Morgan fingerprint density at radius 2 is 1.56 bits per heavy atom. The second-order valence-corrected chi connectivity index (χ2v) is 6.95. The van der Waals surface area contributed by atoms with Crippen LogP contribution in [0.25, 0.3) is 22.6 Å². The van der Waals surface area contributed by atoms with E-state index in [4.69, 9.17) is 4.98 Å². The maximum Gasteiger partial charge on any atom is 0.268 e. The Labute approximate surface area is 159 Å². The van der Waals surface area contributed by atoms with Gasteiger partial charge < -0.3 is 4.90 Å². The first-order chi connectivity index (χ1) is 13.2. The van der Waals surface area contributed by atoms with Crippen molar-refractivity contribution in [3.8, 4) is 17.1 Å². The monoisotopic (exact) mass is 357 g/mol. The van der Waals surface area contributed by atoms with Gasteiger partial charge in [0.2, 0.25) is 0 Å². The lowest BCUT2D eigenvalue weighted by atomic mass is 10.1. The predicted octanol–water partition coefficient (Wildman–Crippen LogP) is 4.53. The minimum atomic E-state index is -0.0653. The van der Waals surface area contributed by atoms with E-state index in [0.717, 1.165) is 48.6 Å². The van der Waals surface area contributed by atoms with Gasteiger partial charge >= 0.3 is 0 Å². The zero-order chi connectivity index (χ0) is 18.8. The van der Waals surface area contributed by atoms with E-state index in [1.807, 2.05) is 67.6 Å². The Kier molecular flexibility index (Phi) is 4.63. The van der Waals surface area contributed by atoms with E-state index in [-0.39, 0.29) is 5.56 Å². The van der Waals surface area contributed by atoms with Crippen molar-refractivity contribution >= 4 is 11.4 Å². The molecule has 4 nitrogen and oxygen atoms in total. The van der Waals surface area contributed by atoms with E-state index >= 15 is 0 Å². The van der Waals surface area contributed by atoms with Gasteiger partial charge in [-0.25, -0.2) is 4.98 Å². The maximum absolute atomic E-state index is 13.6. The van der Waals surface area contributed by atoms with Gasteiger partial charge in [-0.2, -0.15) is 0 Å². The molecule has 0 atom stereocenters. The van der Waals surface area contributed by atoms with Gasteiger partial charge in [-0.05, 0) is 37.5 Å². The van der Waals surface area contributed by atoms with Crippen LogP contribution in [0, 0.1) is 0 Å². The molecule has 4 rings (SSSR count). The molecule has 0 spiro atoms. The fourth-order valence-corrected chi connectivity index (χ4v) is 3.64. The highest BCUT2D eigenvalue weighted by atomic mass is 16.1. The number of hydrogen-bond donors (Lipinski definition) is 0. The quantitative estimate of drug-likeness (QED) is 0.688. The average molecular weight is 357 g/mol. The summed E-state index contributed by atoms with van der Waals surface area (Å²) in [5.74, 6) is 1.43. The van der Waals surface area contributed by atoms with Crippen LogP contribution in [0.5, 0.6) is 0 Å². The van der Waals surface area contributed by atoms with Crippen LogP contribution in [0.1, 0.15) is 25.3 Å². The number of aromatic nitrogens is 2. The van der Waals surface area contributed by atoms with Crippen LogP contribution in [-0.4, -0.2) is 22.6 Å². The predicted molar refractivity (Wildman–Crippen MR) is 111 cm³/mol. The van der Waals surface area contributed by atoms with Crippen molar-refractivity contribution < 1.29 is 0 Å². The minimum Gasteiger partial charge on any atom is -0.356 e. The Bertz CT molecular complexity index is 1020. The standard InChI is InChI=1S/C23H23N3O/c1-17(2)20-22(25-15-9-10-16-25)24-21(18-11-5-3-6-12-18)26(23(20)27)19-13-7-4-8-14-19/h3-8,11-14H,1,9-10,15-16H2,2H3. The van der Waals surface area contributed by atoms with Crippen LogP contribution < -0.4 is 10.5 Å². The van der Waals surface area contributed by atoms with Crippen LogP contribution in [0.3, 0.4) is 0 Å². The first kappa shape index (κ1) is 17.3. The van der Waals surface area contributed by atoms with Crippen molar-refractivity contribution in [3.63, 3.8) is 0 Å². The highest BCUT2D eigenvalue weighted by Gasteiger charge is 2.24. The van der Waals surface area contributed by atoms with E-state index in [2.05, 4.69) is 11.5 Å². The molecule has 0 saturated carbocycles. The van der Waals surface area contributed by atoms with Crippen LogP contribution >= 0.6 is 0 Å². The van der Waals surface area contributed by atoms with Gasteiger partial charge in [0.05, 0.1) is 11.3 Å². The molecule has 0 N–H and O–H groups in total. The van der Waals surface area contributed by atoms with Gasteiger partial charge in [-0.15, -0.1) is 0 Å². The fraction of sp³-hybridized carbons (Fsp3) is 0.217. The molecule has 0 aliphatic carbocycles. The summed E-state index contributed by atoms with van der Waals surface area (Å²) >= 11 is 0. The summed E-state index contributed by atoms with van der Waals surface area (Å²) in [6, 6.07) is 19.6. The van der Waals surface area contributed by atoms with Gasteiger partial charge in [0, 0.05) is 18.7 Å². The highest BCUT2D eigenvalue weighted by molar-refractivity contribution is 5.74. The van der Waals surface area contributed by atoms with Gasteiger partial charge in [-0.3, -0.25) is 9.36 Å². The molecular formula is C23H23N3O. The normalized spacial score (nSPS) is 13.7. The molecule has 0 radical (unpaired) electrons. The van der Waals surface area contributed by atoms with Crippen molar-refractivity contribution in [2.24, 2.45) is 0 Å². The van der Waals surface area contributed by atoms with Gasteiger partial charge in [0.15, 0.2) is 0 Å². The van der Waals surface area contributed by atoms with Gasteiger partial charge in [0.1, 0.15) is 11.6 Å². The first-order valence-corrected chi connectivity index (χ1v) is 9.35. The Morgan fingerprint density at radius 3 is 2.15 bits per heavy atom. The van der Waals surface area contributed by atoms with Crippen LogP contribution in [-0.2, 0) is 0 Å². The van der Waals surface area contributed by atoms with E-state index < -0.39 is 0 Å². The second kappa shape index (κ2) is 7.23. The van der Waals surface area contributed by atoms with Crippen molar-refractivity contribution in [3.05, 3.63) is 83.2 Å². The number of anilines is 1. The topological polar surface area (TPSA) is 38.1 Å². The average Bonchev–Trinajstić information content (AvgIpc) is 3.23. The molecule has 1 saturated heterocycles. The molecule has 1 fully saturated rings. The summed E-state index contributed by atoms with van der Waals surface area (Å²) in [6.45, 7) is 7.81. The largest absolute Gasteiger partial charge is 0.356 e. The smallest absolute Gasteiger partial charge is 0.268 e. The number of nitrogens with zero attached hydrogens (tertiary/aromatic N) is 3. The summed E-state index contributed by atoms with van der Waals surface area (Å²) in [6.07, 6.45) is 2.25. The maximum atomic E-state index is 13.6. The summed E-state index contributed by atoms with van der Waals surface area (Å²) < 4.78 is 1.71. The van der Waals surface area contributed by atoms with Crippen molar-refractivity contribution in [1.82, 2.24) is 9.55 Å². The Hall–Kier alpha value is -3.14. The second-order valence-electron chi connectivity index (χ2n) is 6.95. The third-order valence-electron chi connectivity index (χ3n) is 4.94. The molecule has 2 heterocycles. The van der Waals surface area contributed by atoms with Crippen LogP contribution in [0.2, 0.25) is 0 Å². The lowest BCUT2D eigenvalue weighted by molar-refractivity contribution is 0.881. The number of allylic oxidation sites excluding steroid dienone is 1. The number of hydrogen-bond acceptors (Lipinski definition) is 3. The zero-order valence-electron chi connectivity index (χ0n) is 15.6. The number of rotatable bonds is 4. The molecule has 0 unspecified atom stereocenters. The van der Waals surface area contributed by atoms with Crippen molar-refractivity contribution in [2.75, 3.05) is 18.0 Å². The number of para-hydroxylation sites is 1. The third kappa shape index (κ3) is 3.19. The van der Waals surface area contributed by atoms with E-state index in [0.29, 0.717) is 11.4 Å². The summed E-state index contributed by atoms with van der Waals surface area (Å²) in [5, 5.41) is 0.